The lowest BCUT2D eigenvalue weighted by atomic mass is 10.1. The van der Waals surface area contributed by atoms with Gasteiger partial charge in [-0.2, -0.15) is 0 Å². The maximum atomic E-state index is 11.0. The first-order valence-electron chi connectivity index (χ1n) is 4.98. The molecule has 1 aromatic carbocycles. The van der Waals surface area contributed by atoms with E-state index in [0.717, 1.165) is 5.56 Å². The van der Waals surface area contributed by atoms with Crippen molar-refractivity contribution in [2.24, 2.45) is 0 Å². The van der Waals surface area contributed by atoms with Gasteiger partial charge >= 0.3 is 12.0 Å². The average molecular weight is 220 g/mol. The molecule has 0 radical (unpaired) electrons. The number of hydrogen-bond acceptors (Lipinski definition) is 3. The van der Waals surface area contributed by atoms with Crippen LogP contribution >= 0.6 is 0 Å². The molecule has 0 aliphatic carbocycles. The first kappa shape index (κ1) is 10.5. The van der Waals surface area contributed by atoms with Crippen molar-refractivity contribution in [2.45, 2.75) is 13.0 Å². The number of rotatable bonds is 2. The zero-order valence-corrected chi connectivity index (χ0v) is 8.82. The molecule has 1 aromatic rings. The predicted molar refractivity (Wildman–Crippen MR) is 57.0 cm³/mol. The fourth-order valence-corrected chi connectivity index (χ4v) is 1.62. The molecule has 0 spiro atoms. The van der Waals surface area contributed by atoms with Gasteiger partial charge < -0.3 is 15.4 Å². The summed E-state index contributed by atoms with van der Waals surface area (Å²) in [7, 11) is 0. The van der Waals surface area contributed by atoms with Gasteiger partial charge in [0.05, 0.1) is 6.04 Å². The smallest absolute Gasteiger partial charge is 0.315 e. The molecule has 2 rings (SSSR count). The molecule has 0 unspecified atom stereocenters. The van der Waals surface area contributed by atoms with Gasteiger partial charge in [0.2, 0.25) is 0 Å². The standard InChI is InChI=1S/C11H12N2O3/c1-7(14)16-9-4-2-3-8(5-9)10-6-12-11(15)13-10/h2-5,10H,6H2,1H3,(H2,12,13,15)/t10-/m1/s1. The molecule has 84 valence electrons. The molecular formula is C11H12N2O3. The minimum absolute atomic E-state index is 0.0667. The Bertz CT molecular complexity index is 431. The number of benzene rings is 1. The Kier molecular flexibility index (Phi) is 2.76. The molecule has 0 bridgehead atoms. The van der Waals surface area contributed by atoms with Crippen LogP contribution in [0.15, 0.2) is 24.3 Å². The lowest BCUT2D eigenvalue weighted by Crippen LogP contribution is -2.21. The van der Waals surface area contributed by atoms with Crippen LogP contribution in [0.5, 0.6) is 5.75 Å². The summed E-state index contributed by atoms with van der Waals surface area (Å²) >= 11 is 0. The van der Waals surface area contributed by atoms with Crippen LogP contribution in [0.3, 0.4) is 0 Å². The molecule has 1 aliphatic rings. The minimum atomic E-state index is -0.356. The van der Waals surface area contributed by atoms with Gasteiger partial charge in [-0.05, 0) is 17.7 Å². The molecule has 1 fully saturated rings. The molecule has 1 aliphatic heterocycles. The van der Waals surface area contributed by atoms with Crippen LogP contribution in [0.4, 0.5) is 4.79 Å². The average Bonchev–Trinajstić information content (AvgIpc) is 2.64. The van der Waals surface area contributed by atoms with E-state index in [4.69, 9.17) is 4.74 Å². The molecular weight excluding hydrogens is 208 g/mol. The van der Waals surface area contributed by atoms with Crippen molar-refractivity contribution in [3.8, 4) is 5.75 Å². The van der Waals surface area contributed by atoms with Gasteiger partial charge in [-0.25, -0.2) is 4.79 Å². The molecule has 16 heavy (non-hydrogen) atoms. The molecule has 0 aromatic heterocycles. The highest BCUT2D eigenvalue weighted by Gasteiger charge is 2.21. The maximum absolute atomic E-state index is 11.0. The van der Waals surface area contributed by atoms with Gasteiger partial charge in [0.1, 0.15) is 5.75 Å². The second kappa shape index (κ2) is 4.22. The van der Waals surface area contributed by atoms with E-state index in [1.165, 1.54) is 6.92 Å². The van der Waals surface area contributed by atoms with E-state index < -0.39 is 0 Å². The van der Waals surface area contributed by atoms with Crippen molar-refractivity contribution in [1.29, 1.82) is 0 Å². The summed E-state index contributed by atoms with van der Waals surface area (Å²) in [5, 5.41) is 5.43. The number of ether oxygens (including phenoxy) is 1. The van der Waals surface area contributed by atoms with Gasteiger partial charge in [0.25, 0.3) is 0 Å². The van der Waals surface area contributed by atoms with Crippen molar-refractivity contribution in [3.63, 3.8) is 0 Å². The Balaban J connectivity index is 2.15. The van der Waals surface area contributed by atoms with E-state index >= 15 is 0 Å². The van der Waals surface area contributed by atoms with E-state index in [9.17, 15) is 9.59 Å². The highest BCUT2D eigenvalue weighted by atomic mass is 16.5. The van der Waals surface area contributed by atoms with Gasteiger partial charge in [0.15, 0.2) is 0 Å². The Morgan fingerprint density at radius 1 is 1.50 bits per heavy atom. The minimum Gasteiger partial charge on any atom is -0.427 e. The van der Waals surface area contributed by atoms with Crippen LogP contribution < -0.4 is 15.4 Å². The third-order valence-corrected chi connectivity index (χ3v) is 2.29. The molecule has 0 saturated carbocycles. The zero-order chi connectivity index (χ0) is 11.5. The number of hydrogen-bond donors (Lipinski definition) is 2. The monoisotopic (exact) mass is 220 g/mol. The zero-order valence-electron chi connectivity index (χ0n) is 8.82. The fourth-order valence-electron chi connectivity index (χ4n) is 1.62. The van der Waals surface area contributed by atoms with Gasteiger partial charge in [-0.1, -0.05) is 12.1 Å². The second-order valence-corrected chi connectivity index (χ2v) is 3.57. The van der Waals surface area contributed by atoms with Gasteiger partial charge in [-0.3, -0.25) is 4.79 Å². The van der Waals surface area contributed by atoms with E-state index in [2.05, 4.69) is 10.6 Å². The molecule has 5 nitrogen and oxygen atoms in total. The molecule has 2 N–H and O–H groups in total. The Morgan fingerprint density at radius 2 is 2.31 bits per heavy atom. The lowest BCUT2D eigenvalue weighted by molar-refractivity contribution is -0.131. The Labute approximate surface area is 92.8 Å². The Hall–Kier alpha value is -2.04. The van der Waals surface area contributed by atoms with Crippen LogP contribution in [-0.2, 0) is 4.79 Å². The van der Waals surface area contributed by atoms with E-state index in [0.29, 0.717) is 12.3 Å². The number of nitrogens with one attached hydrogen (secondary N) is 2. The number of carbonyl (C=O) groups is 2. The molecule has 5 heteroatoms. The molecule has 2 amide bonds. The lowest BCUT2D eigenvalue weighted by Gasteiger charge is -2.10. The molecule has 1 heterocycles. The fraction of sp³-hybridized carbons (Fsp3) is 0.273. The first-order valence-corrected chi connectivity index (χ1v) is 4.98. The van der Waals surface area contributed by atoms with Crippen molar-refractivity contribution in [2.75, 3.05) is 6.54 Å². The highest BCUT2D eigenvalue weighted by Crippen LogP contribution is 2.20. The summed E-state index contributed by atoms with van der Waals surface area (Å²) in [4.78, 5) is 21.8. The third-order valence-electron chi connectivity index (χ3n) is 2.29. The third kappa shape index (κ3) is 2.31. The molecule has 1 saturated heterocycles. The summed E-state index contributed by atoms with van der Waals surface area (Å²) in [6.07, 6.45) is 0. The van der Waals surface area contributed by atoms with Crippen LogP contribution in [0.2, 0.25) is 0 Å². The van der Waals surface area contributed by atoms with Crippen molar-refractivity contribution < 1.29 is 14.3 Å². The van der Waals surface area contributed by atoms with Crippen molar-refractivity contribution >= 4 is 12.0 Å². The maximum Gasteiger partial charge on any atom is 0.315 e. The predicted octanol–water partition coefficient (Wildman–Crippen LogP) is 0.966. The summed E-state index contributed by atoms with van der Waals surface area (Å²) < 4.78 is 4.97. The van der Waals surface area contributed by atoms with Crippen molar-refractivity contribution in [1.82, 2.24) is 10.6 Å². The summed E-state index contributed by atoms with van der Waals surface area (Å²) in [5.74, 6) is 0.136. The largest absolute Gasteiger partial charge is 0.427 e. The van der Waals surface area contributed by atoms with Crippen LogP contribution in [0, 0.1) is 0 Å². The van der Waals surface area contributed by atoms with Gasteiger partial charge in [-0.15, -0.1) is 0 Å². The topological polar surface area (TPSA) is 67.4 Å². The van der Waals surface area contributed by atoms with E-state index in [1.54, 1.807) is 18.2 Å². The van der Waals surface area contributed by atoms with Crippen LogP contribution in [0.25, 0.3) is 0 Å². The van der Waals surface area contributed by atoms with Crippen molar-refractivity contribution in [3.05, 3.63) is 29.8 Å². The SMILES string of the molecule is CC(=O)Oc1cccc([C@H]2CNC(=O)N2)c1. The quantitative estimate of drug-likeness (QED) is 0.576. The van der Waals surface area contributed by atoms with Crippen LogP contribution in [-0.4, -0.2) is 18.5 Å². The van der Waals surface area contributed by atoms with Gasteiger partial charge in [0, 0.05) is 13.5 Å². The van der Waals surface area contributed by atoms with Crippen LogP contribution in [0.1, 0.15) is 18.5 Å². The van der Waals surface area contributed by atoms with E-state index in [-0.39, 0.29) is 18.0 Å². The first-order chi connectivity index (χ1) is 7.65. The number of urea groups is 1. The highest BCUT2D eigenvalue weighted by molar-refractivity contribution is 5.77. The number of amides is 2. The van der Waals surface area contributed by atoms with E-state index in [1.807, 2.05) is 6.07 Å². The summed E-state index contributed by atoms with van der Waals surface area (Å²) in [6, 6.07) is 6.88. The summed E-state index contributed by atoms with van der Waals surface area (Å²) in [6.45, 7) is 1.90. The normalized spacial score (nSPS) is 18.8. The number of esters is 1. The second-order valence-electron chi connectivity index (χ2n) is 3.57. The summed E-state index contributed by atoms with van der Waals surface area (Å²) in [5.41, 5.74) is 0.914. The number of carbonyl (C=O) groups excluding carboxylic acids is 2. The Morgan fingerprint density at radius 3 is 2.94 bits per heavy atom. The molecule has 1 atom stereocenters.